The van der Waals surface area contributed by atoms with E-state index < -0.39 is 0 Å². The highest BCUT2D eigenvalue weighted by Gasteiger charge is 2.13. The Labute approximate surface area is 136 Å². The van der Waals surface area contributed by atoms with Crippen molar-refractivity contribution in [2.75, 3.05) is 13.2 Å². The van der Waals surface area contributed by atoms with Gasteiger partial charge in [-0.05, 0) is 38.0 Å². The molecule has 0 aliphatic carbocycles. The SMILES string of the molecule is CCn1c(C)nnc1CN(CCCO)Cc1cccc(Cl)c1. The third kappa shape index (κ3) is 4.53. The van der Waals surface area contributed by atoms with Gasteiger partial charge in [0.15, 0.2) is 0 Å². The summed E-state index contributed by atoms with van der Waals surface area (Å²) in [6.45, 7) is 7.39. The molecule has 0 amide bonds. The summed E-state index contributed by atoms with van der Waals surface area (Å²) in [6, 6.07) is 7.87. The van der Waals surface area contributed by atoms with Crippen LogP contribution in [0.4, 0.5) is 0 Å². The summed E-state index contributed by atoms with van der Waals surface area (Å²) in [5.41, 5.74) is 1.16. The van der Waals surface area contributed by atoms with Crippen LogP contribution in [0.2, 0.25) is 5.02 Å². The fraction of sp³-hybridized carbons (Fsp3) is 0.500. The van der Waals surface area contributed by atoms with E-state index in [9.17, 15) is 0 Å². The zero-order valence-electron chi connectivity index (χ0n) is 13.2. The Morgan fingerprint density at radius 1 is 1.27 bits per heavy atom. The van der Waals surface area contributed by atoms with Crippen LogP contribution in [-0.2, 0) is 19.6 Å². The van der Waals surface area contributed by atoms with E-state index in [1.165, 1.54) is 0 Å². The lowest BCUT2D eigenvalue weighted by molar-refractivity contribution is 0.207. The predicted molar refractivity (Wildman–Crippen MR) is 87.7 cm³/mol. The van der Waals surface area contributed by atoms with Crippen molar-refractivity contribution in [3.8, 4) is 0 Å². The summed E-state index contributed by atoms with van der Waals surface area (Å²) in [5.74, 6) is 1.89. The Hall–Kier alpha value is -1.43. The van der Waals surface area contributed by atoms with Gasteiger partial charge >= 0.3 is 0 Å². The average Bonchev–Trinajstić information content (AvgIpc) is 2.84. The number of halogens is 1. The molecule has 1 aromatic carbocycles. The van der Waals surface area contributed by atoms with Gasteiger partial charge < -0.3 is 9.67 Å². The van der Waals surface area contributed by atoms with Crippen molar-refractivity contribution in [1.82, 2.24) is 19.7 Å². The zero-order chi connectivity index (χ0) is 15.9. The van der Waals surface area contributed by atoms with Crippen LogP contribution in [0.5, 0.6) is 0 Å². The molecule has 1 heterocycles. The molecule has 2 aromatic rings. The molecule has 22 heavy (non-hydrogen) atoms. The van der Waals surface area contributed by atoms with E-state index in [4.69, 9.17) is 16.7 Å². The van der Waals surface area contributed by atoms with Crippen molar-refractivity contribution in [2.45, 2.75) is 39.9 Å². The van der Waals surface area contributed by atoms with Crippen LogP contribution in [0.25, 0.3) is 0 Å². The molecule has 120 valence electrons. The highest BCUT2D eigenvalue weighted by Crippen LogP contribution is 2.15. The van der Waals surface area contributed by atoms with E-state index in [2.05, 4.69) is 32.7 Å². The molecule has 6 heteroatoms. The molecule has 0 unspecified atom stereocenters. The minimum Gasteiger partial charge on any atom is -0.396 e. The molecule has 0 radical (unpaired) electrons. The van der Waals surface area contributed by atoms with Gasteiger partial charge in [-0.1, -0.05) is 23.7 Å². The van der Waals surface area contributed by atoms with Crippen molar-refractivity contribution < 1.29 is 5.11 Å². The van der Waals surface area contributed by atoms with Gasteiger partial charge in [0.1, 0.15) is 11.6 Å². The van der Waals surface area contributed by atoms with Gasteiger partial charge in [0.25, 0.3) is 0 Å². The number of nitrogens with zero attached hydrogens (tertiary/aromatic N) is 4. The second kappa shape index (κ2) is 8.27. The summed E-state index contributed by atoms with van der Waals surface area (Å²) >= 11 is 6.06. The second-order valence-corrected chi connectivity index (χ2v) is 5.76. The average molecular weight is 323 g/mol. The number of aromatic nitrogens is 3. The molecule has 2 rings (SSSR count). The van der Waals surface area contributed by atoms with Crippen LogP contribution in [0.1, 0.15) is 30.6 Å². The standard InChI is InChI=1S/C16H23ClN4O/c1-3-21-13(2)18-19-16(21)12-20(8-5-9-22)11-14-6-4-7-15(17)10-14/h4,6-7,10,22H,3,5,8-9,11-12H2,1-2H3. The van der Waals surface area contributed by atoms with Gasteiger partial charge in [0, 0.05) is 31.3 Å². The molecule has 0 aliphatic rings. The van der Waals surface area contributed by atoms with Gasteiger partial charge in [-0.2, -0.15) is 0 Å². The quantitative estimate of drug-likeness (QED) is 0.811. The molecule has 5 nitrogen and oxygen atoms in total. The molecule has 0 saturated carbocycles. The number of benzene rings is 1. The Morgan fingerprint density at radius 2 is 2.09 bits per heavy atom. The lowest BCUT2D eigenvalue weighted by Gasteiger charge is -2.22. The van der Waals surface area contributed by atoms with E-state index in [0.29, 0.717) is 6.54 Å². The minimum absolute atomic E-state index is 0.186. The van der Waals surface area contributed by atoms with E-state index in [1.54, 1.807) is 0 Å². The first-order chi connectivity index (χ1) is 10.6. The first kappa shape index (κ1) is 16.9. The van der Waals surface area contributed by atoms with Crippen LogP contribution in [0.15, 0.2) is 24.3 Å². The normalized spacial score (nSPS) is 11.3. The van der Waals surface area contributed by atoms with Crippen LogP contribution < -0.4 is 0 Å². The number of rotatable bonds is 8. The van der Waals surface area contributed by atoms with Gasteiger partial charge in [-0.15, -0.1) is 10.2 Å². The van der Waals surface area contributed by atoms with E-state index in [-0.39, 0.29) is 6.61 Å². The topological polar surface area (TPSA) is 54.2 Å². The molecule has 0 atom stereocenters. The highest BCUT2D eigenvalue weighted by molar-refractivity contribution is 6.30. The Bertz CT molecular complexity index is 600. The summed E-state index contributed by atoms with van der Waals surface area (Å²) in [7, 11) is 0. The van der Waals surface area contributed by atoms with Crippen LogP contribution in [0.3, 0.4) is 0 Å². The number of aliphatic hydroxyl groups is 1. The van der Waals surface area contributed by atoms with E-state index >= 15 is 0 Å². The number of hydrogen-bond acceptors (Lipinski definition) is 4. The molecule has 0 fully saturated rings. The van der Waals surface area contributed by atoms with Gasteiger partial charge in [0.05, 0.1) is 6.54 Å². The Kier molecular flexibility index (Phi) is 6.36. The highest BCUT2D eigenvalue weighted by atomic mass is 35.5. The summed E-state index contributed by atoms with van der Waals surface area (Å²) in [4.78, 5) is 2.26. The molecule has 0 aliphatic heterocycles. The zero-order valence-corrected chi connectivity index (χ0v) is 13.9. The lowest BCUT2D eigenvalue weighted by atomic mass is 10.2. The van der Waals surface area contributed by atoms with Crippen molar-refractivity contribution in [3.05, 3.63) is 46.5 Å². The third-order valence-corrected chi connectivity index (χ3v) is 3.86. The fourth-order valence-corrected chi connectivity index (χ4v) is 2.77. The maximum Gasteiger partial charge on any atom is 0.147 e. The van der Waals surface area contributed by atoms with Crippen molar-refractivity contribution in [3.63, 3.8) is 0 Å². The molecular formula is C16H23ClN4O. The smallest absolute Gasteiger partial charge is 0.147 e. The van der Waals surface area contributed by atoms with Crippen molar-refractivity contribution >= 4 is 11.6 Å². The monoisotopic (exact) mass is 322 g/mol. The molecule has 0 spiro atoms. The lowest BCUT2D eigenvalue weighted by Crippen LogP contribution is -2.26. The predicted octanol–water partition coefficient (Wildman–Crippen LogP) is 2.64. The summed E-state index contributed by atoms with van der Waals surface area (Å²) < 4.78 is 2.11. The fourth-order valence-electron chi connectivity index (χ4n) is 2.55. The molecule has 1 aromatic heterocycles. The van der Waals surface area contributed by atoms with Crippen molar-refractivity contribution in [2.24, 2.45) is 0 Å². The number of hydrogen-bond donors (Lipinski definition) is 1. The maximum absolute atomic E-state index is 9.12. The van der Waals surface area contributed by atoms with Crippen LogP contribution in [-0.4, -0.2) is 37.9 Å². The summed E-state index contributed by atoms with van der Waals surface area (Å²) in [5, 5.41) is 18.3. The molecule has 1 N–H and O–H groups in total. The van der Waals surface area contributed by atoms with Gasteiger partial charge in [-0.25, -0.2) is 0 Å². The first-order valence-electron chi connectivity index (χ1n) is 7.60. The first-order valence-corrected chi connectivity index (χ1v) is 7.98. The van der Waals surface area contributed by atoms with Crippen molar-refractivity contribution in [1.29, 1.82) is 0 Å². The minimum atomic E-state index is 0.186. The van der Waals surface area contributed by atoms with E-state index in [1.807, 2.05) is 25.1 Å². The second-order valence-electron chi connectivity index (χ2n) is 5.33. The van der Waals surface area contributed by atoms with E-state index in [0.717, 1.165) is 48.3 Å². The maximum atomic E-state index is 9.12. The number of aliphatic hydroxyl groups excluding tert-OH is 1. The van der Waals surface area contributed by atoms with Crippen LogP contribution >= 0.6 is 11.6 Å². The largest absolute Gasteiger partial charge is 0.396 e. The van der Waals surface area contributed by atoms with Crippen LogP contribution in [0, 0.1) is 6.92 Å². The van der Waals surface area contributed by atoms with Gasteiger partial charge in [-0.3, -0.25) is 4.90 Å². The van der Waals surface area contributed by atoms with Gasteiger partial charge in [0.2, 0.25) is 0 Å². The third-order valence-electron chi connectivity index (χ3n) is 3.62. The molecule has 0 saturated heterocycles. The Morgan fingerprint density at radius 3 is 2.77 bits per heavy atom. The Balaban J connectivity index is 2.11. The summed E-state index contributed by atoms with van der Waals surface area (Å²) in [6.07, 6.45) is 0.736. The number of aryl methyl sites for hydroxylation is 1. The molecular weight excluding hydrogens is 300 g/mol. The molecule has 0 bridgehead atoms.